The molecule has 0 bridgehead atoms. The van der Waals surface area contributed by atoms with Crippen molar-refractivity contribution in [2.24, 2.45) is 11.8 Å². The van der Waals surface area contributed by atoms with E-state index in [1.54, 1.807) is 18.3 Å². The molecule has 5 nitrogen and oxygen atoms in total. The number of carboxylic acid groups (broad SMARTS) is 1. The Morgan fingerprint density at radius 2 is 2.14 bits per heavy atom. The monoisotopic (exact) mass is 310 g/mol. The van der Waals surface area contributed by atoms with E-state index in [0.717, 1.165) is 6.42 Å². The SMILES string of the molecule is CSc1ncccc1C(=O)NC[C@H](CC(=O)O)CC(C)C. The van der Waals surface area contributed by atoms with Crippen LogP contribution in [0.5, 0.6) is 0 Å². The van der Waals surface area contributed by atoms with Gasteiger partial charge in [0.1, 0.15) is 5.03 Å². The van der Waals surface area contributed by atoms with Crippen LogP contribution in [-0.2, 0) is 4.79 Å². The molecule has 0 aliphatic carbocycles. The van der Waals surface area contributed by atoms with E-state index in [9.17, 15) is 9.59 Å². The predicted octanol–water partition coefficient (Wildman–Crippen LogP) is 2.67. The molecule has 1 rings (SSSR count). The number of nitrogens with one attached hydrogen (secondary N) is 1. The molecular weight excluding hydrogens is 288 g/mol. The Morgan fingerprint density at radius 1 is 1.43 bits per heavy atom. The van der Waals surface area contributed by atoms with Gasteiger partial charge in [-0.1, -0.05) is 13.8 Å². The largest absolute Gasteiger partial charge is 0.481 e. The van der Waals surface area contributed by atoms with Crippen LogP contribution in [0.2, 0.25) is 0 Å². The van der Waals surface area contributed by atoms with Crippen LogP contribution in [0.4, 0.5) is 0 Å². The average Bonchev–Trinajstić information content (AvgIpc) is 2.43. The summed E-state index contributed by atoms with van der Waals surface area (Å²) < 4.78 is 0. The number of amides is 1. The summed E-state index contributed by atoms with van der Waals surface area (Å²) in [6.07, 6.45) is 4.36. The summed E-state index contributed by atoms with van der Waals surface area (Å²) in [5, 5.41) is 12.4. The fraction of sp³-hybridized carbons (Fsp3) is 0.533. The molecule has 1 aromatic heterocycles. The average molecular weight is 310 g/mol. The number of aromatic nitrogens is 1. The maximum atomic E-state index is 12.2. The first-order valence-electron chi connectivity index (χ1n) is 6.93. The highest BCUT2D eigenvalue weighted by Gasteiger charge is 2.17. The second-order valence-corrected chi connectivity index (χ2v) is 6.16. The molecule has 0 spiro atoms. The third-order valence-corrected chi connectivity index (χ3v) is 3.74. The molecule has 21 heavy (non-hydrogen) atoms. The normalized spacial score (nSPS) is 12.2. The summed E-state index contributed by atoms with van der Waals surface area (Å²) in [5.74, 6) is -0.695. The topological polar surface area (TPSA) is 79.3 Å². The Kier molecular flexibility index (Phi) is 7.22. The van der Waals surface area contributed by atoms with Crippen LogP contribution in [0.3, 0.4) is 0 Å². The van der Waals surface area contributed by atoms with Crippen LogP contribution < -0.4 is 5.32 Å². The van der Waals surface area contributed by atoms with Gasteiger partial charge in [-0.05, 0) is 36.6 Å². The minimum Gasteiger partial charge on any atom is -0.481 e. The molecule has 0 aliphatic heterocycles. The third-order valence-electron chi connectivity index (χ3n) is 3.03. The van der Waals surface area contributed by atoms with Crippen molar-refractivity contribution in [3.05, 3.63) is 23.9 Å². The van der Waals surface area contributed by atoms with Gasteiger partial charge in [0.25, 0.3) is 5.91 Å². The van der Waals surface area contributed by atoms with Gasteiger partial charge < -0.3 is 10.4 Å². The van der Waals surface area contributed by atoms with E-state index < -0.39 is 5.97 Å². The zero-order chi connectivity index (χ0) is 15.8. The van der Waals surface area contributed by atoms with Crippen molar-refractivity contribution in [1.82, 2.24) is 10.3 Å². The van der Waals surface area contributed by atoms with Crippen molar-refractivity contribution < 1.29 is 14.7 Å². The second kappa shape index (κ2) is 8.67. The lowest BCUT2D eigenvalue weighted by Crippen LogP contribution is -2.31. The van der Waals surface area contributed by atoms with Crippen molar-refractivity contribution in [2.45, 2.75) is 31.7 Å². The second-order valence-electron chi connectivity index (χ2n) is 5.36. The molecule has 1 amide bonds. The molecule has 6 heteroatoms. The highest BCUT2D eigenvalue weighted by Crippen LogP contribution is 2.18. The Balaban J connectivity index is 2.66. The van der Waals surface area contributed by atoms with Crippen LogP contribution in [0.1, 0.15) is 37.0 Å². The highest BCUT2D eigenvalue weighted by atomic mass is 32.2. The van der Waals surface area contributed by atoms with Crippen LogP contribution >= 0.6 is 11.8 Å². The van der Waals surface area contributed by atoms with Crippen molar-refractivity contribution in [1.29, 1.82) is 0 Å². The summed E-state index contributed by atoms with van der Waals surface area (Å²) in [7, 11) is 0. The zero-order valence-corrected chi connectivity index (χ0v) is 13.4. The number of pyridine rings is 1. The van der Waals surface area contributed by atoms with E-state index in [2.05, 4.69) is 10.3 Å². The van der Waals surface area contributed by atoms with E-state index in [0.29, 0.717) is 23.1 Å². The summed E-state index contributed by atoms with van der Waals surface area (Å²) >= 11 is 1.41. The lowest BCUT2D eigenvalue weighted by molar-refractivity contribution is -0.138. The van der Waals surface area contributed by atoms with E-state index in [-0.39, 0.29) is 18.2 Å². The first-order chi connectivity index (χ1) is 9.93. The predicted molar refractivity (Wildman–Crippen MR) is 83.5 cm³/mol. The smallest absolute Gasteiger partial charge is 0.303 e. The number of rotatable bonds is 8. The number of carbonyl (C=O) groups is 2. The molecular formula is C15H22N2O3S. The molecule has 2 N–H and O–H groups in total. The maximum absolute atomic E-state index is 12.2. The first kappa shape index (κ1) is 17.5. The first-order valence-corrected chi connectivity index (χ1v) is 8.15. The fourth-order valence-corrected chi connectivity index (χ4v) is 2.76. The molecule has 0 saturated carbocycles. The number of thioether (sulfide) groups is 1. The molecule has 0 radical (unpaired) electrons. The number of carbonyl (C=O) groups excluding carboxylic acids is 1. The van der Waals surface area contributed by atoms with Crippen molar-refractivity contribution in [3.63, 3.8) is 0 Å². The Hall–Kier alpha value is -1.56. The van der Waals surface area contributed by atoms with Crippen LogP contribution in [0, 0.1) is 11.8 Å². The standard InChI is InChI=1S/C15H22N2O3S/c1-10(2)7-11(8-13(18)19)9-17-14(20)12-5-4-6-16-15(12)21-3/h4-6,10-11H,7-9H2,1-3H3,(H,17,20)(H,18,19)/t11-/m0/s1. The Morgan fingerprint density at radius 3 is 2.71 bits per heavy atom. The van der Waals surface area contributed by atoms with Gasteiger partial charge >= 0.3 is 5.97 Å². The Labute approximate surface area is 129 Å². The van der Waals surface area contributed by atoms with Crippen molar-refractivity contribution >= 4 is 23.6 Å². The molecule has 0 fully saturated rings. The van der Waals surface area contributed by atoms with Crippen molar-refractivity contribution in [2.75, 3.05) is 12.8 Å². The van der Waals surface area contributed by atoms with Crippen molar-refractivity contribution in [3.8, 4) is 0 Å². The summed E-state index contributed by atoms with van der Waals surface area (Å²) in [5.41, 5.74) is 0.531. The zero-order valence-electron chi connectivity index (χ0n) is 12.6. The molecule has 1 atom stereocenters. The van der Waals surface area contributed by atoms with Gasteiger partial charge in [0, 0.05) is 19.2 Å². The third kappa shape index (κ3) is 6.16. The number of hydrogen-bond acceptors (Lipinski definition) is 4. The molecule has 1 heterocycles. The summed E-state index contributed by atoms with van der Waals surface area (Å²) in [6.45, 7) is 4.46. The van der Waals surface area contributed by atoms with Crippen LogP contribution in [0.15, 0.2) is 23.4 Å². The van der Waals surface area contributed by atoms with E-state index in [1.165, 1.54) is 11.8 Å². The van der Waals surface area contributed by atoms with E-state index in [4.69, 9.17) is 5.11 Å². The molecule has 0 saturated heterocycles. The molecule has 0 unspecified atom stereocenters. The maximum Gasteiger partial charge on any atom is 0.303 e. The van der Waals surface area contributed by atoms with Gasteiger partial charge in [0.05, 0.1) is 5.56 Å². The highest BCUT2D eigenvalue weighted by molar-refractivity contribution is 7.98. The minimum absolute atomic E-state index is 0.0548. The number of nitrogens with zero attached hydrogens (tertiary/aromatic N) is 1. The van der Waals surface area contributed by atoms with Gasteiger partial charge in [0.15, 0.2) is 0 Å². The van der Waals surface area contributed by atoms with E-state index >= 15 is 0 Å². The Bertz CT molecular complexity index is 492. The number of aliphatic carboxylic acids is 1. The summed E-state index contributed by atoms with van der Waals surface area (Å²) in [4.78, 5) is 27.2. The summed E-state index contributed by atoms with van der Waals surface area (Å²) in [6, 6.07) is 3.44. The number of hydrogen-bond donors (Lipinski definition) is 2. The van der Waals surface area contributed by atoms with Crippen LogP contribution in [-0.4, -0.2) is 34.8 Å². The lowest BCUT2D eigenvalue weighted by Gasteiger charge is -2.18. The van der Waals surface area contributed by atoms with Crippen LogP contribution in [0.25, 0.3) is 0 Å². The molecule has 0 aromatic carbocycles. The molecule has 1 aromatic rings. The number of carboxylic acids is 1. The lowest BCUT2D eigenvalue weighted by atomic mass is 9.94. The fourth-order valence-electron chi connectivity index (χ4n) is 2.21. The molecule has 0 aliphatic rings. The van der Waals surface area contributed by atoms with Gasteiger partial charge in [-0.3, -0.25) is 9.59 Å². The molecule has 116 valence electrons. The van der Waals surface area contributed by atoms with E-state index in [1.807, 2.05) is 20.1 Å². The van der Waals surface area contributed by atoms with Gasteiger partial charge in [-0.2, -0.15) is 0 Å². The van der Waals surface area contributed by atoms with Gasteiger partial charge in [-0.25, -0.2) is 4.98 Å². The quantitative estimate of drug-likeness (QED) is 0.722. The van der Waals surface area contributed by atoms with Gasteiger partial charge in [0.2, 0.25) is 0 Å². The van der Waals surface area contributed by atoms with Gasteiger partial charge in [-0.15, -0.1) is 11.8 Å². The minimum atomic E-state index is -0.832.